The molecule has 206 valence electrons. The lowest BCUT2D eigenvalue weighted by atomic mass is 9.88. The number of aryl methyl sites for hydroxylation is 2. The van der Waals surface area contributed by atoms with Crippen LogP contribution < -0.4 is 11.4 Å². The number of hydrogen-bond acceptors (Lipinski definition) is 6. The highest BCUT2D eigenvalue weighted by Gasteiger charge is 2.22. The number of thiol groups is 2. The molecule has 0 aliphatic carbocycles. The molecule has 2 rings (SSSR count). The van der Waals surface area contributed by atoms with Crippen molar-refractivity contribution in [3.8, 4) is 0 Å². The van der Waals surface area contributed by atoms with Gasteiger partial charge in [-0.3, -0.25) is 18.3 Å². The lowest BCUT2D eigenvalue weighted by molar-refractivity contribution is 0.0634. The third-order valence-corrected chi connectivity index (χ3v) is 7.26. The first kappa shape index (κ1) is 30.9. The van der Waals surface area contributed by atoms with Gasteiger partial charge in [0.25, 0.3) is 0 Å². The highest BCUT2D eigenvalue weighted by atomic mass is 32.1. The van der Waals surface area contributed by atoms with Gasteiger partial charge < -0.3 is 9.47 Å². The molecule has 0 unspecified atom stereocenters. The van der Waals surface area contributed by atoms with Gasteiger partial charge in [0.05, 0.1) is 10.1 Å². The van der Waals surface area contributed by atoms with Gasteiger partial charge in [-0.15, -0.1) is 25.3 Å². The van der Waals surface area contributed by atoms with Crippen molar-refractivity contribution < 1.29 is 9.47 Å². The summed E-state index contributed by atoms with van der Waals surface area (Å²) in [6.07, 6.45) is 7.22. The molecule has 0 aromatic carbocycles. The second-order valence-electron chi connectivity index (χ2n) is 11.0. The third-order valence-electron chi connectivity index (χ3n) is 6.55. The smallest absolute Gasteiger partial charge is 0.329 e. The molecular weight excluding hydrogens is 496 g/mol. The van der Waals surface area contributed by atoms with E-state index in [0.717, 1.165) is 25.7 Å². The van der Waals surface area contributed by atoms with Crippen LogP contribution in [0.25, 0.3) is 0 Å². The molecule has 2 aromatic heterocycles. The summed E-state index contributed by atoms with van der Waals surface area (Å²) in [4.78, 5) is 24.8. The minimum Gasteiger partial charge on any atom is -0.381 e. The predicted molar refractivity (Wildman–Crippen MR) is 151 cm³/mol. The first-order valence-electron chi connectivity index (χ1n) is 13.0. The first-order valence-corrected chi connectivity index (χ1v) is 13.9. The molecule has 0 spiro atoms. The van der Waals surface area contributed by atoms with Gasteiger partial charge in [-0.05, 0) is 50.4 Å². The fraction of sp³-hybridized carbons (Fsp3) is 0.769. The zero-order valence-corrected chi connectivity index (χ0v) is 24.7. The Morgan fingerprint density at radius 2 is 1.11 bits per heavy atom. The van der Waals surface area contributed by atoms with Crippen LogP contribution in [0.3, 0.4) is 0 Å². The molecule has 10 heteroatoms. The fourth-order valence-electron chi connectivity index (χ4n) is 4.27. The lowest BCUT2D eigenvalue weighted by Crippen LogP contribution is -2.31. The fourth-order valence-corrected chi connectivity index (χ4v) is 4.86. The Morgan fingerprint density at radius 1 is 0.694 bits per heavy atom. The van der Waals surface area contributed by atoms with Crippen molar-refractivity contribution in [2.45, 2.75) is 103 Å². The second kappa shape index (κ2) is 14.0. The Hall–Kier alpha value is -1.36. The molecular formula is C26H46N4O4S2. The quantitative estimate of drug-likeness (QED) is 0.227. The number of ether oxygens (including phenoxy) is 2. The second-order valence-corrected chi connectivity index (χ2v) is 12.0. The summed E-state index contributed by atoms with van der Waals surface area (Å²) < 4.78 is 18.5. The highest BCUT2D eigenvalue weighted by molar-refractivity contribution is 7.80. The number of aromatic nitrogens is 4. The summed E-state index contributed by atoms with van der Waals surface area (Å²) in [6.45, 7) is 17.8. The van der Waals surface area contributed by atoms with Crippen LogP contribution in [-0.2, 0) is 35.7 Å². The van der Waals surface area contributed by atoms with E-state index in [9.17, 15) is 9.59 Å². The van der Waals surface area contributed by atoms with Crippen LogP contribution in [0.2, 0.25) is 0 Å². The zero-order valence-electron chi connectivity index (χ0n) is 23.0. The lowest BCUT2D eigenvalue weighted by Gasteiger charge is -2.25. The van der Waals surface area contributed by atoms with E-state index in [1.54, 1.807) is 30.7 Å². The van der Waals surface area contributed by atoms with Crippen LogP contribution in [0, 0.1) is 10.8 Å². The first-order chi connectivity index (χ1) is 16.9. The number of nitrogens with zero attached hydrogens (tertiary/aromatic N) is 4. The maximum absolute atomic E-state index is 12.4. The van der Waals surface area contributed by atoms with Crippen molar-refractivity contribution in [1.82, 2.24) is 18.3 Å². The van der Waals surface area contributed by atoms with Crippen molar-refractivity contribution in [3.63, 3.8) is 0 Å². The standard InChI is InChI=1S/C26H46N4O4S2/c1-7-27-17-21(35)29(23(27)31)19-25(3,4)11-9-13-33-14-10-15-34-16-12-26(5,6)20-30-22(36)18-28(8-2)24(30)32/h17-18,35-36H,7-16,19-20H2,1-6H3. The summed E-state index contributed by atoms with van der Waals surface area (Å²) >= 11 is 8.92. The van der Waals surface area contributed by atoms with E-state index < -0.39 is 0 Å². The minimum absolute atomic E-state index is 0.00572. The molecule has 0 atom stereocenters. The van der Waals surface area contributed by atoms with Crippen molar-refractivity contribution in [3.05, 3.63) is 33.4 Å². The van der Waals surface area contributed by atoms with Crippen LogP contribution >= 0.6 is 25.3 Å². The van der Waals surface area contributed by atoms with E-state index in [0.29, 0.717) is 62.7 Å². The Labute approximate surface area is 226 Å². The highest BCUT2D eigenvalue weighted by Crippen LogP contribution is 2.26. The molecule has 0 N–H and O–H groups in total. The van der Waals surface area contributed by atoms with Gasteiger partial charge in [0.2, 0.25) is 0 Å². The van der Waals surface area contributed by atoms with Gasteiger partial charge in [-0.2, -0.15) is 0 Å². The van der Waals surface area contributed by atoms with Crippen LogP contribution in [0.4, 0.5) is 0 Å². The number of hydrogen-bond donors (Lipinski definition) is 2. The Kier molecular flexibility index (Phi) is 12.0. The summed E-state index contributed by atoms with van der Waals surface area (Å²) in [5, 5.41) is 1.41. The summed E-state index contributed by atoms with van der Waals surface area (Å²) in [5.41, 5.74) is -0.0830. The Balaban J connectivity index is 1.58. The van der Waals surface area contributed by atoms with E-state index in [2.05, 4.69) is 53.0 Å². The van der Waals surface area contributed by atoms with Crippen LogP contribution in [-0.4, -0.2) is 44.7 Å². The van der Waals surface area contributed by atoms with Gasteiger partial charge >= 0.3 is 11.4 Å². The minimum atomic E-state index is -0.0669. The molecule has 0 fully saturated rings. The molecule has 0 aliphatic rings. The van der Waals surface area contributed by atoms with Crippen molar-refractivity contribution in [2.24, 2.45) is 10.8 Å². The number of imidazole rings is 2. The zero-order chi connectivity index (χ0) is 26.9. The Morgan fingerprint density at radius 3 is 1.56 bits per heavy atom. The normalized spacial score (nSPS) is 12.6. The molecule has 0 bridgehead atoms. The molecule has 0 saturated carbocycles. The van der Waals surface area contributed by atoms with Crippen LogP contribution in [0.1, 0.15) is 67.2 Å². The van der Waals surface area contributed by atoms with Gasteiger partial charge in [0.15, 0.2) is 0 Å². The predicted octanol–water partition coefficient (Wildman–Crippen LogP) is 4.58. The molecule has 2 heterocycles. The Bertz CT molecular complexity index is 981. The maximum atomic E-state index is 12.4. The van der Waals surface area contributed by atoms with E-state index in [-0.39, 0.29) is 22.2 Å². The van der Waals surface area contributed by atoms with E-state index in [4.69, 9.17) is 9.47 Å². The van der Waals surface area contributed by atoms with Crippen molar-refractivity contribution in [1.29, 1.82) is 0 Å². The van der Waals surface area contributed by atoms with Gasteiger partial charge in [0.1, 0.15) is 0 Å². The van der Waals surface area contributed by atoms with Crippen molar-refractivity contribution in [2.75, 3.05) is 26.4 Å². The maximum Gasteiger partial charge on any atom is 0.329 e. The van der Waals surface area contributed by atoms with E-state index in [1.807, 2.05) is 13.8 Å². The molecule has 0 aliphatic heterocycles. The van der Waals surface area contributed by atoms with Crippen LogP contribution in [0.5, 0.6) is 0 Å². The van der Waals surface area contributed by atoms with Gasteiger partial charge in [-0.1, -0.05) is 27.7 Å². The molecule has 36 heavy (non-hydrogen) atoms. The van der Waals surface area contributed by atoms with Crippen LogP contribution in [0.15, 0.2) is 32.0 Å². The van der Waals surface area contributed by atoms with Gasteiger partial charge in [0, 0.05) is 65.0 Å². The van der Waals surface area contributed by atoms with Gasteiger partial charge in [-0.25, -0.2) is 9.59 Å². The molecule has 0 radical (unpaired) electrons. The van der Waals surface area contributed by atoms with Crippen molar-refractivity contribution >= 4 is 25.3 Å². The topological polar surface area (TPSA) is 72.3 Å². The van der Waals surface area contributed by atoms with E-state index >= 15 is 0 Å². The molecule has 0 saturated heterocycles. The number of rotatable bonds is 17. The van der Waals surface area contributed by atoms with E-state index in [1.165, 1.54) is 0 Å². The summed E-state index contributed by atoms with van der Waals surface area (Å²) in [6, 6.07) is 0. The molecule has 2 aromatic rings. The summed E-state index contributed by atoms with van der Waals surface area (Å²) in [7, 11) is 0. The average Bonchev–Trinajstić information content (AvgIpc) is 3.23. The molecule has 8 nitrogen and oxygen atoms in total. The monoisotopic (exact) mass is 542 g/mol. The SMILES string of the molecule is CCn1cc(S)n(CC(C)(C)CCCOCCCOCCC(C)(C)Cn2c(S)cn(CC)c2=O)c1=O. The average molecular weight is 543 g/mol. The molecule has 0 amide bonds. The summed E-state index contributed by atoms with van der Waals surface area (Å²) in [5.74, 6) is 0. The third kappa shape index (κ3) is 9.19. The largest absolute Gasteiger partial charge is 0.381 e.